The van der Waals surface area contributed by atoms with Crippen LogP contribution in [0.5, 0.6) is 0 Å². The molecule has 2 amide bonds. The van der Waals surface area contributed by atoms with Crippen LogP contribution >= 0.6 is 0 Å². The lowest BCUT2D eigenvalue weighted by atomic mass is 9.89. The van der Waals surface area contributed by atoms with E-state index in [4.69, 9.17) is 28.4 Å². The second-order valence-electron chi connectivity index (χ2n) is 10.4. The summed E-state index contributed by atoms with van der Waals surface area (Å²) in [5.41, 5.74) is 0. The largest absolute Gasteiger partial charge is 0.394 e. The molecular weight excluding hydrogens is 552 g/mol. The van der Waals surface area contributed by atoms with Crippen LogP contribution in [-0.4, -0.2) is 149 Å². The van der Waals surface area contributed by atoms with Crippen molar-refractivity contribution < 1.29 is 68.6 Å². The number of amides is 2. The van der Waals surface area contributed by atoms with Gasteiger partial charge in [0.25, 0.3) is 0 Å². The fourth-order valence-corrected chi connectivity index (χ4v) is 4.71. The molecule has 2 aliphatic heterocycles. The van der Waals surface area contributed by atoms with Crippen LogP contribution in [0.3, 0.4) is 0 Å². The summed E-state index contributed by atoms with van der Waals surface area (Å²) in [6.07, 6.45) is -12.8. The third kappa shape index (κ3) is 9.47. The first kappa shape index (κ1) is 35.7. The Morgan fingerprint density at radius 1 is 0.976 bits per heavy atom. The summed E-state index contributed by atoms with van der Waals surface area (Å²) in [7, 11) is 1.30. The smallest absolute Gasteiger partial charge is 0.217 e. The van der Waals surface area contributed by atoms with E-state index in [1.165, 1.54) is 34.8 Å². The lowest BCUT2D eigenvalue weighted by molar-refractivity contribution is -0.316. The van der Waals surface area contributed by atoms with E-state index in [0.717, 1.165) is 0 Å². The normalized spacial score (nSPS) is 37.1. The molecule has 41 heavy (non-hydrogen) atoms. The van der Waals surface area contributed by atoms with E-state index in [1.807, 2.05) is 0 Å². The highest BCUT2D eigenvalue weighted by molar-refractivity contribution is 5.73. The number of carbonyl (C=O) groups excluding carboxylic acids is 2. The fraction of sp³-hybridized carbons (Fsp3) is 0.920. The van der Waals surface area contributed by atoms with E-state index in [2.05, 4.69) is 10.6 Å². The van der Waals surface area contributed by atoms with Crippen LogP contribution in [0, 0.1) is 5.92 Å². The van der Waals surface area contributed by atoms with Crippen molar-refractivity contribution in [3.8, 4) is 0 Å². The van der Waals surface area contributed by atoms with Gasteiger partial charge in [0.05, 0.1) is 44.2 Å². The first-order valence-corrected chi connectivity index (χ1v) is 13.5. The van der Waals surface area contributed by atoms with Gasteiger partial charge in [-0.1, -0.05) is 6.92 Å². The Bertz CT molecular complexity index is 823. The minimum Gasteiger partial charge on any atom is -0.394 e. The first-order chi connectivity index (χ1) is 19.2. The number of aliphatic hydroxyl groups is 6. The maximum Gasteiger partial charge on any atom is 0.217 e. The molecule has 8 unspecified atom stereocenters. The topological polar surface area (TPSA) is 235 Å². The molecule has 2 heterocycles. The first-order valence-electron chi connectivity index (χ1n) is 13.5. The molecule has 0 spiro atoms. The van der Waals surface area contributed by atoms with E-state index in [0.29, 0.717) is 0 Å². The van der Waals surface area contributed by atoms with Crippen LogP contribution in [-0.2, 0) is 38.0 Å². The van der Waals surface area contributed by atoms with Crippen LogP contribution in [0.25, 0.3) is 0 Å². The molecule has 2 fully saturated rings. The van der Waals surface area contributed by atoms with E-state index >= 15 is 0 Å². The second kappa shape index (κ2) is 16.3. The molecule has 0 aliphatic carbocycles. The van der Waals surface area contributed by atoms with Crippen LogP contribution in [0.4, 0.5) is 0 Å². The van der Waals surface area contributed by atoms with Gasteiger partial charge in [0.2, 0.25) is 11.8 Å². The van der Waals surface area contributed by atoms with Gasteiger partial charge in [-0.15, -0.1) is 0 Å². The molecule has 16 heteroatoms. The molecule has 2 rings (SSSR count). The molecule has 0 bridgehead atoms. The number of nitrogens with one attached hydrogen (secondary N) is 2. The van der Waals surface area contributed by atoms with Gasteiger partial charge >= 0.3 is 0 Å². The molecule has 0 aromatic heterocycles. The fourth-order valence-electron chi connectivity index (χ4n) is 4.71. The number of hydrogen-bond donors (Lipinski definition) is 8. The number of methoxy groups -OCH3 is 1. The van der Waals surface area contributed by atoms with Crippen molar-refractivity contribution in [2.24, 2.45) is 5.92 Å². The van der Waals surface area contributed by atoms with Crippen molar-refractivity contribution >= 4 is 11.8 Å². The summed E-state index contributed by atoms with van der Waals surface area (Å²) in [6, 6.07) is -2.24. The average molecular weight is 599 g/mol. The average Bonchev–Trinajstić information content (AvgIpc) is 2.91. The standard InChI is InChI=1S/C25H46N2O14/c1-10-16(8-29)41-24(18(19(10)32)27-14(5)31)38-11(2)17(40-23(35)15(7-28)26-13(4)30)9-37-25-22(36-6)21(34)20(33)12(3)39-25/h10-12,15-25,28-29,32-35H,7-9H2,1-6H3,(H,26,30)(H,27,31)/t10-,11?,12?,15+,16+,17?,18?,19?,20?,21+,22-,23?,24?,25-/m1/s1. The number of carbonyl (C=O) groups is 2. The monoisotopic (exact) mass is 598 g/mol. The van der Waals surface area contributed by atoms with E-state index in [-0.39, 0.29) is 6.61 Å². The molecule has 0 aromatic carbocycles. The van der Waals surface area contributed by atoms with E-state index in [1.54, 1.807) is 6.92 Å². The molecule has 0 radical (unpaired) electrons. The van der Waals surface area contributed by atoms with E-state index in [9.17, 15) is 40.2 Å². The Morgan fingerprint density at radius 3 is 2.17 bits per heavy atom. The number of hydrogen-bond acceptors (Lipinski definition) is 14. The SMILES string of the molecule is CO[C@H]1[C@H](OCC(OC(O)[C@H](CO)NC(C)=O)C(C)OC2O[C@@H](CO)[C@@H](C)C(O)C2NC(C)=O)OC(C)C(O)[C@@H]1O. The molecule has 2 saturated heterocycles. The summed E-state index contributed by atoms with van der Waals surface area (Å²) in [6.45, 7) is 5.70. The van der Waals surface area contributed by atoms with Crippen LogP contribution < -0.4 is 10.6 Å². The molecule has 16 nitrogen and oxygen atoms in total. The Balaban J connectivity index is 2.28. The van der Waals surface area contributed by atoms with Crippen molar-refractivity contribution in [3.63, 3.8) is 0 Å². The summed E-state index contributed by atoms with van der Waals surface area (Å²) in [5.74, 6) is -1.54. The van der Waals surface area contributed by atoms with Crippen molar-refractivity contribution in [3.05, 3.63) is 0 Å². The Morgan fingerprint density at radius 2 is 1.63 bits per heavy atom. The van der Waals surface area contributed by atoms with Gasteiger partial charge in [0, 0.05) is 26.9 Å². The predicted octanol–water partition coefficient (Wildman–Crippen LogP) is -3.69. The van der Waals surface area contributed by atoms with Gasteiger partial charge in [-0.05, 0) is 13.8 Å². The molecule has 2 aliphatic rings. The molecular formula is C25H46N2O14. The van der Waals surface area contributed by atoms with Gasteiger partial charge in [-0.3, -0.25) is 9.59 Å². The van der Waals surface area contributed by atoms with Gasteiger partial charge < -0.3 is 69.7 Å². The van der Waals surface area contributed by atoms with Crippen molar-refractivity contribution in [1.29, 1.82) is 0 Å². The molecule has 0 aromatic rings. The quantitative estimate of drug-likeness (QED) is 0.0900. The Labute approximate surface area is 238 Å². The molecule has 14 atom stereocenters. The third-order valence-corrected chi connectivity index (χ3v) is 7.24. The van der Waals surface area contributed by atoms with Gasteiger partial charge in [0.1, 0.15) is 36.5 Å². The maximum atomic E-state index is 11.9. The summed E-state index contributed by atoms with van der Waals surface area (Å²) < 4.78 is 34.3. The molecule has 8 N–H and O–H groups in total. The van der Waals surface area contributed by atoms with Crippen LogP contribution in [0.2, 0.25) is 0 Å². The molecule has 240 valence electrons. The van der Waals surface area contributed by atoms with Crippen LogP contribution in [0.15, 0.2) is 0 Å². The Kier molecular flexibility index (Phi) is 14.2. The molecule has 0 saturated carbocycles. The highest BCUT2D eigenvalue weighted by Gasteiger charge is 2.46. The summed E-state index contributed by atoms with van der Waals surface area (Å²) >= 11 is 0. The summed E-state index contributed by atoms with van der Waals surface area (Å²) in [5, 5.41) is 66.4. The highest BCUT2D eigenvalue weighted by Crippen LogP contribution is 2.29. The minimum absolute atomic E-state index is 0.365. The third-order valence-electron chi connectivity index (χ3n) is 7.24. The van der Waals surface area contributed by atoms with Crippen molar-refractivity contribution in [2.45, 2.75) is 114 Å². The van der Waals surface area contributed by atoms with E-state index < -0.39 is 111 Å². The maximum absolute atomic E-state index is 11.9. The van der Waals surface area contributed by atoms with Gasteiger partial charge in [-0.2, -0.15) is 0 Å². The van der Waals surface area contributed by atoms with Crippen molar-refractivity contribution in [2.75, 3.05) is 26.9 Å². The van der Waals surface area contributed by atoms with Crippen LogP contribution in [0.1, 0.15) is 34.6 Å². The zero-order chi connectivity index (χ0) is 31.0. The lowest BCUT2D eigenvalue weighted by Gasteiger charge is -2.44. The predicted molar refractivity (Wildman–Crippen MR) is 138 cm³/mol. The minimum atomic E-state index is -1.74. The Hall–Kier alpha value is -1.54. The number of aliphatic hydroxyl groups excluding tert-OH is 6. The highest BCUT2D eigenvalue weighted by atomic mass is 16.7. The zero-order valence-electron chi connectivity index (χ0n) is 24.2. The van der Waals surface area contributed by atoms with Gasteiger partial charge in [0.15, 0.2) is 18.9 Å². The zero-order valence-corrected chi connectivity index (χ0v) is 24.2. The van der Waals surface area contributed by atoms with Crippen molar-refractivity contribution in [1.82, 2.24) is 10.6 Å². The second-order valence-corrected chi connectivity index (χ2v) is 10.4. The summed E-state index contributed by atoms with van der Waals surface area (Å²) in [4.78, 5) is 23.4. The van der Waals surface area contributed by atoms with Gasteiger partial charge in [-0.25, -0.2) is 0 Å². The lowest BCUT2D eigenvalue weighted by Crippen LogP contribution is -2.63. The number of rotatable bonds is 14. The number of ether oxygens (including phenoxy) is 6.